The van der Waals surface area contributed by atoms with Crippen LogP contribution in [0.15, 0.2) is 55.1 Å². The summed E-state index contributed by atoms with van der Waals surface area (Å²) in [5.41, 5.74) is 3.79. The van der Waals surface area contributed by atoms with Gasteiger partial charge in [-0.25, -0.2) is 9.97 Å². The summed E-state index contributed by atoms with van der Waals surface area (Å²) in [6.07, 6.45) is 5.11. The Kier molecular flexibility index (Phi) is 5.05. The molecule has 2 heterocycles. The molecule has 0 bridgehead atoms. The monoisotopic (exact) mass is 352 g/mol. The van der Waals surface area contributed by atoms with Crippen LogP contribution in [0.4, 0.5) is 11.4 Å². The Bertz CT molecular complexity index is 899. The predicted molar refractivity (Wildman–Crippen MR) is 98.6 cm³/mol. The van der Waals surface area contributed by atoms with Crippen LogP contribution in [0.1, 0.15) is 21.7 Å². The van der Waals surface area contributed by atoms with E-state index in [0.29, 0.717) is 10.6 Å². The van der Waals surface area contributed by atoms with Crippen LogP contribution in [0.25, 0.3) is 0 Å². The number of ketones is 1. The van der Waals surface area contributed by atoms with Gasteiger partial charge in [0.25, 0.3) is 0 Å². The van der Waals surface area contributed by atoms with E-state index in [9.17, 15) is 4.79 Å². The minimum Gasteiger partial charge on any atom is -0.342 e. The Morgan fingerprint density at radius 2 is 1.88 bits per heavy atom. The lowest BCUT2D eigenvalue weighted by atomic mass is 10.0. The minimum atomic E-state index is -0.0282. The molecule has 3 rings (SSSR count). The second-order valence-corrected chi connectivity index (χ2v) is 6.16. The van der Waals surface area contributed by atoms with Crippen LogP contribution in [0.2, 0.25) is 5.02 Å². The van der Waals surface area contributed by atoms with Gasteiger partial charge in [-0.15, -0.1) is 0 Å². The van der Waals surface area contributed by atoms with Crippen LogP contribution < -0.4 is 4.90 Å². The van der Waals surface area contributed by atoms with E-state index in [0.717, 1.165) is 22.8 Å². The number of rotatable bonds is 5. The molecular weight excluding hydrogens is 336 g/mol. The van der Waals surface area contributed by atoms with Gasteiger partial charge in [0.05, 0.1) is 24.5 Å². The zero-order valence-corrected chi connectivity index (χ0v) is 14.7. The van der Waals surface area contributed by atoms with Gasteiger partial charge in [-0.1, -0.05) is 17.7 Å². The van der Waals surface area contributed by atoms with Crippen LogP contribution in [0, 0.1) is 6.92 Å². The third-order valence-corrected chi connectivity index (χ3v) is 4.03. The Morgan fingerprint density at radius 1 is 1.12 bits per heavy atom. The fraction of sp³-hybridized carbons (Fsp3) is 0.158. The Morgan fingerprint density at radius 3 is 2.60 bits per heavy atom. The first-order valence-electron chi connectivity index (χ1n) is 7.78. The van der Waals surface area contributed by atoms with Gasteiger partial charge >= 0.3 is 0 Å². The number of carbonyl (C=O) groups excluding carboxylic acids is 1. The fourth-order valence-electron chi connectivity index (χ4n) is 2.51. The van der Waals surface area contributed by atoms with Crippen molar-refractivity contribution in [3.05, 3.63) is 77.1 Å². The Balaban J connectivity index is 1.87. The first-order valence-corrected chi connectivity index (χ1v) is 8.16. The molecule has 0 atom stereocenters. The number of pyridine rings is 1. The van der Waals surface area contributed by atoms with Gasteiger partial charge in [0.2, 0.25) is 0 Å². The second kappa shape index (κ2) is 7.40. The van der Waals surface area contributed by atoms with Crippen molar-refractivity contribution in [2.45, 2.75) is 13.3 Å². The van der Waals surface area contributed by atoms with Crippen molar-refractivity contribution in [3.8, 4) is 0 Å². The summed E-state index contributed by atoms with van der Waals surface area (Å²) >= 11 is 6.23. The van der Waals surface area contributed by atoms with E-state index in [1.165, 1.54) is 6.33 Å². The normalized spacial score (nSPS) is 10.5. The van der Waals surface area contributed by atoms with Crippen molar-refractivity contribution >= 4 is 28.8 Å². The zero-order valence-electron chi connectivity index (χ0n) is 14.0. The summed E-state index contributed by atoms with van der Waals surface area (Å²) in [6.45, 7) is 1.91. The molecule has 0 amide bonds. The van der Waals surface area contributed by atoms with Crippen LogP contribution in [-0.2, 0) is 6.42 Å². The number of aryl methyl sites for hydroxylation is 1. The smallest absolute Gasteiger partial charge is 0.168 e. The fourth-order valence-corrected chi connectivity index (χ4v) is 2.74. The van der Waals surface area contributed by atoms with E-state index in [2.05, 4.69) is 15.0 Å². The lowest BCUT2D eigenvalue weighted by molar-refractivity contribution is 0.0992. The highest BCUT2D eigenvalue weighted by atomic mass is 35.5. The molecule has 1 aromatic carbocycles. The number of aromatic nitrogens is 3. The van der Waals surface area contributed by atoms with Crippen LogP contribution >= 0.6 is 11.6 Å². The van der Waals surface area contributed by atoms with Gasteiger partial charge in [0.1, 0.15) is 6.33 Å². The molecule has 5 nitrogen and oxygen atoms in total. The first-order chi connectivity index (χ1) is 12.0. The van der Waals surface area contributed by atoms with Crippen molar-refractivity contribution in [2.24, 2.45) is 0 Å². The summed E-state index contributed by atoms with van der Waals surface area (Å²) in [7, 11) is 1.88. The lowest BCUT2D eigenvalue weighted by Crippen LogP contribution is -2.12. The van der Waals surface area contributed by atoms with E-state index in [-0.39, 0.29) is 12.2 Å². The van der Waals surface area contributed by atoms with Gasteiger partial charge in [0.15, 0.2) is 5.78 Å². The van der Waals surface area contributed by atoms with Gasteiger partial charge in [-0.3, -0.25) is 9.78 Å². The molecule has 0 saturated carbocycles. The number of halogens is 1. The summed E-state index contributed by atoms with van der Waals surface area (Å²) in [5.74, 6) is -0.0282. The molecule has 0 N–H and O–H groups in total. The molecule has 25 heavy (non-hydrogen) atoms. The highest BCUT2D eigenvalue weighted by molar-refractivity contribution is 6.31. The van der Waals surface area contributed by atoms with Gasteiger partial charge in [-0.05, 0) is 37.3 Å². The molecule has 0 aliphatic rings. The Hall–Kier alpha value is -2.79. The van der Waals surface area contributed by atoms with E-state index in [1.807, 2.05) is 43.1 Å². The van der Waals surface area contributed by atoms with Crippen molar-refractivity contribution in [2.75, 3.05) is 11.9 Å². The Labute approximate surface area is 151 Å². The number of benzene rings is 1. The van der Waals surface area contributed by atoms with Crippen molar-refractivity contribution in [3.63, 3.8) is 0 Å². The molecule has 0 unspecified atom stereocenters. The second-order valence-electron chi connectivity index (χ2n) is 5.72. The number of nitrogens with zero attached hydrogens (tertiary/aromatic N) is 4. The van der Waals surface area contributed by atoms with Crippen LogP contribution in [-0.4, -0.2) is 27.8 Å². The summed E-state index contributed by atoms with van der Waals surface area (Å²) < 4.78 is 0. The van der Waals surface area contributed by atoms with E-state index in [1.54, 1.807) is 24.5 Å². The number of hydrogen-bond donors (Lipinski definition) is 0. The number of anilines is 2. The summed E-state index contributed by atoms with van der Waals surface area (Å²) in [5, 5.41) is 0.502. The third kappa shape index (κ3) is 4.19. The quantitative estimate of drug-likeness (QED) is 0.649. The van der Waals surface area contributed by atoms with Crippen molar-refractivity contribution in [1.29, 1.82) is 0 Å². The molecule has 2 aromatic heterocycles. The maximum absolute atomic E-state index is 12.6. The van der Waals surface area contributed by atoms with E-state index >= 15 is 0 Å². The predicted octanol–water partition coefficient (Wildman–Crippen LogP) is 4.03. The highest BCUT2D eigenvalue weighted by Crippen LogP contribution is 2.27. The SMILES string of the molecule is Cc1cccc(CC(=O)c2cc(Cl)cc(N(C)c3cncnc3)c2)n1. The van der Waals surface area contributed by atoms with Crippen LogP contribution in [0.3, 0.4) is 0 Å². The van der Waals surface area contributed by atoms with E-state index < -0.39 is 0 Å². The summed E-state index contributed by atoms with van der Waals surface area (Å²) in [4.78, 5) is 26.9. The van der Waals surface area contributed by atoms with Crippen molar-refractivity contribution < 1.29 is 4.79 Å². The van der Waals surface area contributed by atoms with E-state index in [4.69, 9.17) is 11.6 Å². The number of Topliss-reactive ketones (excluding diaryl/α,β-unsaturated/α-hetero) is 1. The molecular formula is C19H17ClN4O. The maximum Gasteiger partial charge on any atom is 0.168 e. The largest absolute Gasteiger partial charge is 0.342 e. The molecule has 0 fully saturated rings. The molecule has 0 aliphatic carbocycles. The molecule has 126 valence electrons. The first kappa shape index (κ1) is 17.0. The van der Waals surface area contributed by atoms with Gasteiger partial charge in [-0.2, -0.15) is 0 Å². The molecule has 0 saturated heterocycles. The zero-order chi connectivity index (χ0) is 17.8. The highest BCUT2D eigenvalue weighted by Gasteiger charge is 2.13. The summed E-state index contributed by atoms with van der Waals surface area (Å²) in [6, 6.07) is 11.0. The number of hydrogen-bond acceptors (Lipinski definition) is 5. The third-order valence-electron chi connectivity index (χ3n) is 3.81. The molecule has 0 radical (unpaired) electrons. The average Bonchev–Trinajstić information content (AvgIpc) is 2.61. The molecule has 6 heteroatoms. The minimum absolute atomic E-state index is 0.0282. The lowest BCUT2D eigenvalue weighted by Gasteiger charge is -2.19. The molecule has 0 aliphatic heterocycles. The number of carbonyl (C=O) groups is 1. The van der Waals surface area contributed by atoms with Gasteiger partial charge in [0, 0.05) is 34.7 Å². The molecule has 3 aromatic rings. The van der Waals surface area contributed by atoms with Crippen LogP contribution in [0.5, 0.6) is 0 Å². The standard InChI is InChI=1S/C19H17ClN4O/c1-13-4-3-5-16(23-13)9-19(25)14-6-15(20)8-17(7-14)24(2)18-10-21-12-22-11-18/h3-8,10-12H,9H2,1-2H3. The van der Waals surface area contributed by atoms with Crippen molar-refractivity contribution in [1.82, 2.24) is 15.0 Å². The average molecular weight is 353 g/mol. The maximum atomic E-state index is 12.6. The van der Waals surface area contributed by atoms with Gasteiger partial charge < -0.3 is 4.90 Å². The topological polar surface area (TPSA) is 59.0 Å². The molecule has 0 spiro atoms.